The van der Waals surface area contributed by atoms with Crippen molar-refractivity contribution in [3.63, 3.8) is 0 Å². The molecule has 2 nitrogen and oxygen atoms in total. The Balaban J connectivity index is 3.83. The van der Waals surface area contributed by atoms with E-state index in [9.17, 15) is 4.79 Å². The summed E-state index contributed by atoms with van der Waals surface area (Å²) in [6, 6.07) is 0. The molecule has 0 spiro atoms. The maximum absolute atomic E-state index is 10.8. The van der Waals surface area contributed by atoms with Crippen LogP contribution in [0.5, 0.6) is 0 Å². The molecule has 0 unspecified atom stereocenters. The van der Waals surface area contributed by atoms with Crippen molar-refractivity contribution in [1.29, 1.82) is 0 Å². The van der Waals surface area contributed by atoms with Crippen molar-refractivity contribution in [2.45, 2.75) is 19.8 Å². The van der Waals surface area contributed by atoms with E-state index in [0.717, 1.165) is 6.42 Å². The van der Waals surface area contributed by atoms with Gasteiger partial charge in [0.05, 0.1) is 13.0 Å². The largest absolute Gasteiger partial charge is 0.469 e. The first-order valence-corrected chi connectivity index (χ1v) is 3.27. The highest BCUT2D eigenvalue weighted by molar-refractivity contribution is 5.72. The average molecular weight is 140 g/mol. The van der Waals surface area contributed by atoms with Crippen LogP contribution >= 0.6 is 0 Å². The Morgan fingerprint density at radius 1 is 1.80 bits per heavy atom. The van der Waals surface area contributed by atoms with Crippen LogP contribution in [0.3, 0.4) is 0 Å². The fourth-order valence-electron chi connectivity index (χ4n) is 0.703. The number of terminal acetylenes is 1. The number of carbonyl (C=O) groups excluding carboxylic acids is 1. The number of hydrogen-bond donors (Lipinski definition) is 0. The van der Waals surface area contributed by atoms with Crippen LogP contribution in [-0.2, 0) is 9.53 Å². The van der Waals surface area contributed by atoms with E-state index in [2.05, 4.69) is 10.7 Å². The molecule has 0 amide bonds. The van der Waals surface area contributed by atoms with Gasteiger partial charge in [0.15, 0.2) is 0 Å². The highest BCUT2D eigenvalue weighted by Gasteiger charge is 2.14. The molecule has 0 aromatic carbocycles. The van der Waals surface area contributed by atoms with Crippen molar-refractivity contribution >= 4 is 5.97 Å². The van der Waals surface area contributed by atoms with Crippen LogP contribution in [0.15, 0.2) is 0 Å². The molecule has 0 aromatic heterocycles. The molecule has 0 fully saturated rings. The topological polar surface area (TPSA) is 26.3 Å². The van der Waals surface area contributed by atoms with Crippen LogP contribution in [0.1, 0.15) is 19.8 Å². The van der Waals surface area contributed by atoms with Crippen LogP contribution in [0, 0.1) is 18.3 Å². The molecule has 0 bridgehead atoms. The molecule has 0 heterocycles. The molecule has 10 heavy (non-hydrogen) atoms. The number of rotatable bonds is 3. The molecule has 0 N–H and O–H groups in total. The third-order valence-electron chi connectivity index (χ3n) is 1.39. The van der Waals surface area contributed by atoms with Gasteiger partial charge in [-0.15, -0.1) is 12.3 Å². The zero-order valence-corrected chi connectivity index (χ0v) is 6.39. The van der Waals surface area contributed by atoms with E-state index in [1.54, 1.807) is 0 Å². The standard InChI is InChI=1S/C8H12O2/c1-4-6-7(5-2)8(9)10-3/h1,7H,5-6H2,2-3H3/t7-/m0/s1. The first-order valence-electron chi connectivity index (χ1n) is 3.27. The fourth-order valence-corrected chi connectivity index (χ4v) is 0.703. The van der Waals surface area contributed by atoms with Crippen molar-refractivity contribution < 1.29 is 9.53 Å². The summed E-state index contributed by atoms with van der Waals surface area (Å²) in [6.07, 6.45) is 6.26. The van der Waals surface area contributed by atoms with Crippen LogP contribution in [0.25, 0.3) is 0 Å². The minimum absolute atomic E-state index is 0.116. The number of esters is 1. The lowest BCUT2D eigenvalue weighted by molar-refractivity contribution is -0.145. The molecular weight excluding hydrogens is 128 g/mol. The Kier molecular flexibility index (Phi) is 4.39. The van der Waals surface area contributed by atoms with Crippen LogP contribution in [0.4, 0.5) is 0 Å². The van der Waals surface area contributed by atoms with E-state index < -0.39 is 0 Å². The molecule has 0 aromatic rings. The summed E-state index contributed by atoms with van der Waals surface area (Å²) in [5.74, 6) is 2.11. The van der Waals surface area contributed by atoms with E-state index >= 15 is 0 Å². The molecular formula is C8H12O2. The number of carbonyl (C=O) groups is 1. The maximum Gasteiger partial charge on any atom is 0.309 e. The minimum Gasteiger partial charge on any atom is -0.469 e. The van der Waals surface area contributed by atoms with Gasteiger partial charge in [-0.05, 0) is 6.42 Å². The highest BCUT2D eigenvalue weighted by Crippen LogP contribution is 2.08. The Labute approximate surface area is 61.6 Å². The fraction of sp³-hybridized carbons (Fsp3) is 0.625. The summed E-state index contributed by atoms with van der Waals surface area (Å²) in [7, 11) is 1.38. The van der Waals surface area contributed by atoms with E-state index in [-0.39, 0.29) is 11.9 Å². The normalized spacial score (nSPS) is 11.7. The van der Waals surface area contributed by atoms with Crippen molar-refractivity contribution in [3.05, 3.63) is 0 Å². The van der Waals surface area contributed by atoms with E-state index in [0.29, 0.717) is 6.42 Å². The lowest BCUT2D eigenvalue weighted by Gasteiger charge is -2.06. The van der Waals surface area contributed by atoms with Gasteiger partial charge in [0, 0.05) is 6.42 Å². The van der Waals surface area contributed by atoms with Gasteiger partial charge in [-0.25, -0.2) is 0 Å². The summed E-state index contributed by atoms with van der Waals surface area (Å²) < 4.78 is 4.52. The predicted octanol–water partition coefficient (Wildman–Crippen LogP) is 1.21. The van der Waals surface area contributed by atoms with Crippen molar-refractivity contribution in [1.82, 2.24) is 0 Å². The zero-order chi connectivity index (χ0) is 7.98. The molecule has 1 atom stereocenters. The van der Waals surface area contributed by atoms with E-state index in [1.165, 1.54) is 7.11 Å². The van der Waals surface area contributed by atoms with Crippen LogP contribution < -0.4 is 0 Å². The first kappa shape index (κ1) is 9.03. The molecule has 56 valence electrons. The second-order valence-electron chi connectivity index (χ2n) is 2.04. The van der Waals surface area contributed by atoms with E-state index in [1.807, 2.05) is 6.92 Å². The second kappa shape index (κ2) is 4.87. The van der Waals surface area contributed by atoms with Gasteiger partial charge in [0.2, 0.25) is 0 Å². The Morgan fingerprint density at radius 2 is 2.40 bits per heavy atom. The van der Waals surface area contributed by atoms with Crippen LogP contribution in [-0.4, -0.2) is 13.1 Å². The summed E-state index contributed by atoms with van der Waals surface area (Å²) in [5, 5.41) is 0. The monoisotopic (exact) mass is 140 g/mol. The number of hydrogen-bond acceptors (Lipinski definition) is 2. The smallest absolute Gasteiger partial charge is 0.309 e. The Morgan fingerprint density at radius 3 is 2.70 bits per heavy atom. The SMILES string of the molecule is C#CC[C@H](CC)C(=O)OC. The quantitative estimate of drug-likeness (QED) is 0.435. The molecule has 0 saturated heterocycles. The van der Waals surface area contributed by atoms with Gasteiger partial charge in [-0.1, -0.05) is 6.92 Å². The molecule has 0 radical (unpaired) electrons. The van der Waals surface area contributed by atoms with Gasteiger partial charge in [-0.3, -0.25) is 4.79 Å². The number of ether oxygens (including phenoxy) is 1. The third kappa shape index (κ3) is 2.54. The van der Waals surface area contributed by atoms with Crippen LogP contribution in [0.2, 0.25) is 0 Å². The predicted molar refractivity (Wildman–Crippen MR) is 39.2 cm³/mol. The number of methoxy groups -OCH3 is 1. The Bertz CT molecular complexity index is 144. The molecule has 0 saturated carbocycles. The summed E-state index contributed by atoms with van der Waals surface area (Å²) in [4.78, 5) is 10.8. The van der Waals surface area contributed by atoms with Crippen molar-refractivity contribution in [2.24, 2.45) is 5.92 Å². The third-order valence-corrected chi connectivity index (χ3v) is 1.39. The van der Waals surface area contributed by atoms with Crippen molar-refractivity contribution in [3.8, 4) is 12.3 Å². The minimum atomic E-state index is -0.208. The lowest BCUT2D eigenvalue weighted by atomic mass is 10.0. The van der Waals surface area contributed by atoms with Gasteiger partial charge < -0.3 is 4.74 Å². The molecule has 0 aliphatic heterocycles. The molecule has 0 rings (SSSR count). The maximum atomic E-state index is 10.8. The molecule has 2 heteroatoms. The summed E-state index contributed by atoms with van der Waals surface area (Å²) >= 11 is 0. The lowest BCUT2D eigenvalue weighted by Crippen LogP contribution is -2.14. The Hall–Kier alpha value is -0.970. The van der Waals surface area contributed by atoms with Gasteiger partial charge in [-0.2, -0.15) is 0 Å². The summed E-state index contributed by atoms with van der Waals surface area (Å²) in [6.45, 7) is 1.92. The van der Waals surface area contributed by atoms with Gasteiger partial charge in [0.1, 0.15) is 0 Å². The van der Waals surface area contributed by atoms with Crippen molar-refractivity contribution in [2.75, 3.05) is 7.11 Å². The molecule has 0 aliphatic rings. The summed E-state index contributed by atoms with van der Waals surface area (Å²) in [5.41, 5.74) is 0. The van der Waals surface area contributed by atoms with Gasteiger partial charge >= 0.3 is 5.97 Å². The molecule has 0 aliphatic carbocycles. The highest BCUT2D eigenvalue weighted by atomic mass is 16.5. The average Bonchev–Trinajstić information content (AvgIpc) is 1.99. The first-order chi connectivity index (χ1) is 4.76. The second-order valence-corrected chi connectivity index (χ2v) is 2.04. The van der Waals surface area contributed by atoms with E-state index in [4.69, 9.17) is 6.42 Å². The van der Waals surface area contributed by atoms with Gasteiger partial charge in [0.25, 0.3) is 0 Å². The zero-order valence-electron chi connectivity index (χ0n) is 6.39.